The van der Waals surface area contributed by atoms with Gasteiger partial charge in [-0.2, -0.15) is 4.31 Å². The number of hydrogen-bond acceptors (Lipinski definition) is 5. The highest BCUT2D eigenvalue weighted by atomic mass is 32.2. The second-order valence-corrected chi connectivity index (χ2v) is 8.26. The lowest BCUT2D eigenvalue weighted by Gasteiger charge is -2.26. The minimum Gasteiger partial charge on any atom is -0.358 e. The lowest BCUT2D eigenvalue weighted by Crippen LogP contribution is -2.41. The van der Waals surface area contributed by atoms with E-state index in [1.165, 1.54) is 10.5 Å². The van der Waals surface area contributed by atoms with Crippen LogP contribution < -0.4 is 10.6 Å². The Bertz CT molecular complexity index is 652. The van der Waals surface area contributed by atoms with Crippen LogP contribution in [0.1, 0.15) is 33.1 Å². The van der Waals surface area contributed by atoms with Crippen LogP contribution in [0.2, 0.25) is 0 Å². The van der Waals surface area contributed by atoms with Crippen molar-refractivity contribution in [2.24, 2.45) is 5.92 Å². The lowest BCUT2D eigenvalue weighted by atomic mass is 10.0. The van der Waals surface area contributed by atoms with Crippen LogP contribution in [0.15, 0.2) is 23.2 Å². The van der Waals surface area contributed by atoms with Gasteiger partial charge in [0.15, 0.2) is 0 Å². The van der Waals surface area contributed by atoms with Crippen LogP contribution in [-0.2, 0) is 14.8 Å². The minimum absolute atomic E-state index is 0.0727. The summed E-state index contributed by atoms with van der Waals surface area (Å²) in [7, 11) is -1.90. The van der Waals surface area contributed by atoms with Crippen LogP contribution in [-0.4, -0.2) is 49.8 Å². The van der Waals surface area contributed by atoms with Gasteiger partial charge in [-0.15, -0.1) is 0 Å². The van der Waals surface area contributed by atoms with Gasteiger partial charge < -0.3 is 10.6 Å². The SMILES string of the molecule is CNC(=O)C(Nc1ccc(S(=O)(=O)N2CCCCC2)cn1)C(C)C. The third-order valence-electron chi connectivity index (χ3n) is 4.19. The average Bonchev–Trinajstić information content (AvgIpc) is 2.60. The molecule has 134 valence electrons. The maximum Gasteiger partial charge on any atom is 0.244 e. The fraction of sp³-hybridized carbons (Fsp3) is 0.625. The van der Waals surface area contributed by atoms with E-state index in [1.807, 2.05) is 13.8 Å². The van der Waals surface area contributed by atoms with Gasteiger partial charge in [-0.25, -0.2) is 13.4 Å². The number of nitrogens with one attached hydrogen (secondary N) is 2. The van der Waals surface area contributed by atoms with Crippen molar-refractivity contribution in [2.45, 2.75) is 44.0 Å². The Labute approximate surface area is 143 Å². The second-order valence-electron chi connectivity index (χ2n) is 6.32. The maximum atomic E-state index is 12.6. The van der Waals surface area contributed by atoms with Gasteiger partial charge in [0.2, 0.25) is 15.9 Å². The number of carbonyl (C=O) groups excluding carboxylic acids is 1. The number of hydrogen-bond donors (Lipinski definition) is 2. The topological polar surface area (TPSA) is 91.4 Å². The molecule has 1 amide bonds. The summed E-state index contributed by atoms with van der Waals surface area (Å²) in [6.45, 7) is 4.99. The molecule has 1 aromatic heterocycles. The van der Waals surface area contributed by atoms with Crippen LogP contribution >= 0.6 is 0 Å². The first kappa shape index (κ1) is 18.7. The molecule has 7 nitrogen and oxygen atoms in total. The van der Waals surface area contributed by atoms with E-state index in [-0.39, 0.29) is 16.7 Å². The highest BCUT2D eigenvalue weighted by Crippen LogP contribution is 2.21. The number of rotatable bonds is 6. The van der Waals surface area contributed by atoms with Crippen molar-refractivity contribution in [3.05, 3.63) is 18.3 Å². The summed E-state index contributed by atoms with van der Waals surface area (Å²) in [6, 6.07) is 2.72. The zero-order valence-electron chi connectivity index (χ0n) is 14.4. The first-order valence-corrected chi connectivity index (χ1v) is 9.74. The van der Waals surface area contributed by atoms with Crippen LogP contribution in [0.4, 0.5) is 5.82 Å². The number of nitrogens with zero attached hydrogens (tertiary/aromatic N) is 2. The van der Waals surface area contributed by atoms with Crippen molar-refractivity contribution in [1.82, 2.24) is 14.6 Å². The molecule has 2 heterocycles. The maximum absolute atomic E-state index is 12.6. The molecule has 0 aliphatic carbocycles. The average molecular weight is 354 g/mol. The zero-order valence-corrected chi connectivity index (χ0v) is 15.3. The molecule has 2 rings (SSSR count). The van der Waals surface area contributed by atoms with Crippen molar-refractivity contribution in [2.75, 3.05) is 25.5 Å². The first-order valence-electron chi connectivity index (χ1n) is 8.30. The molecule has 0 saturated carbocycles. The number of likely N-dealkylation sites (N-methyl/N-ethyl adjacent to an activating group) is 1. The Morgan fingerprint density at radius 2 is 1.88 bits per heavy atom. The molecule has 0 bridgehead atoms. The summed E-state index contributed by atoms with van der Waals surface area (Å²) in [5, 5.41) is 5.67. The van der Waals surface area contributed by atoms with E-state index in [4.69, 9.17) is 0 Å². The van der Waals surface area contributed by atoms with Gasteiger partial charge >= 0.3 is 0 Å². The highest BCUT2D eigenvalue weighted by Gasteiger charge is 2.26. The largest absolute Gasteiger partial charge is 0.358 e. The molecule has 0 aromatic carbocycles. The number of sulfonamides is 1. The smallest absolute Gasteiger partial charge is 0.244 e. The van der Waals surface area contributed by atoms with Gasteiger partial charge in [0.25, 0.3) is 0 Å². The van der Waals surface area contributed by atoms with E-state index >= 15 is 0 Å². The predicted molar refractivity (Wildman–Crippen MR) is 93.2 cm³/mol. The number of piperidine rings is 1. The Hall–Kier alpha value is -1.67. The van der Waals surface area contributed by atoms with Crippen LogP contribution in [0.5, 0.6) is 0 Å². The summed E-state index contributed by atoms with van der Waals surface area (Å²) in [5.74, 6) is 0.426. The fourth-order valence-corrected chi connectivity index (χ4v) is 4.19. The van der Waals surface area contributed by atoms with Crippen LogP contribution in [0.3, 0.4) is 0 Å². The summed E-state index contributed by atoms with van der Waals surface area (Å²) < 4.78 is 26.7. The molecule has 2 N–H and O–H groups in total. The highest BCUT2D eigenvalue weighted by molar-refractivity contribution is 7.89. The number of aromatic nitrogens is 1. The zero-order chi connectivity index (χ0) is 17.7. The number of amides is 1. The molecule has 1 fully saturated rings. The standard InChI is InChI=1S/C16H26N4O3S/c1-12(2)15(16(21)17-3)19-14-8-7-13(11-18-14)24(22,23)20-9-5-4-6-10-20/h7-8,11-12,15H,4-6,9-10H2,1-3H3,(H,17,21)(H,18,19). The Morgan fingerprint density at radius 3 is 2.38 bits per heavy atom. The molecular formula is C16H26N4O3S. The van der Waals surface area contributed by atoms with E-state index in [0.717, 1.165) is 19.3 Å². The minimum atomic E-state index is -3.48. The van der Waals surface area contributed by atoms with Gasteiger partial charge in [0.1, 0.15) is 16.8 Å². The molecule has 1 aliphatic rings. The summed E-state index contributed by atoms with van der Waals surface area (Å²) in [6.07, 6.45) is 4.22. The van der Waals surface area contributed by atoms with E-state index in [2.05, 4.69) is 15.6 Å². The summed E-state index contributed by atoms with van der Waals surface area (Å²) >= 11 is 0. The van der Waals surface area contributed by atoms with Gasteiger partial charge in [-0.1, -0.05) is 20.3 Å². The van der Waals surface area contributed by atoms with Crippen LogP contribution in [0.25, 0.3) is 0 Å². The number of pyridine rings is 1. The molecule has 1 aliphatic heterocycles. The van der Waals surface area contributed by atoms with E-state index in [9.17, 15) is 13.2 Å². The van der Waals surface area contributed by atoms with E-state index in [0.29, 0.717) is 18.9 Å². The summed E-state index contributed by atoms with van der Waals surface area (Å²) in [4.78, 5) is 16.3. The third-order valence-corrected chi connectivity index (χ3v) is 6.07. The predicted octanol–water partition coefficient (Wildman–Crippen LogP) is 1.44. The molecule has 0 radical (unpaired) electrons. The third kappa shape index (κ3) is 4.24. The van der Waals surface area contributed by atoms with E-state index < -0.39 is 16.1 Å². The van der Waals surface area contributed by atoms with Crippen molar-refractivity contribution < 1.29 is 13.2 Å². The lowest BCUT2D eigenvalue weighted by molar-refractivity contribution is -0.122. The van der Waals surface area contributed by atoms with Crippen molar-refractivity contribution in [1.29, 1.82) is 0 Å². The Balaban J connectivity index is 2.13. The monoisotopic (exact) mass is 354 g/mol. The summed E-state index contributed by atoms with van der Waals surface area (Å²) in [5.41, 5.74) is 0. The molecule has 1 aromatic rings. The van der Waals surface area contributed by atoms with E-state index in [1.54, 1.807) is 19.2 Å². The molecule has 8 heteroatoms. The van der Waals surface area contributed by atoms with Gasteiger partial charge in [-0.3, -0.25) is 4.79 Å². The van der Waals surface area contributed by atoms with Gasteiger partial charge in [0, 0.05) is 26.3 Å². The van der Waals surface area contributed by atoms with Gasteiger partial charge in [0.05, 0.1) is 0 Å². The van der Waals surface area contributed by atoms with Crippen LogP contribution in [0, 0.1) is 5.92 Å². The molecule has 24 heavy (non-hydrogen) atoms. The van der Waals surface area contributed by atoms with Crippen molar-refractivity contribution in [3.63, 3.8) is 0 Å². The molecular weight excluding hydrogens is 328 g/mol. The fourth-order valence-electron chi connectivity index (χ4n) is 2.72. The Morgan fingerprint density at radius 1 is 1.21 bits per heavy atom. The van der Waals surface area contributed by atoms with Crippen molar-refractivity contribution >= 4 is 21.7 Å². The number of anilines is 1. The van der Waals surface area contributed by atoms with Gasteiger partial charge in [-0.05, 0) is 30.9 Å². The molecule has 1 saturated heterocycles. The quantitative estimate of drug-likeness (QED) is 0.806. The second kappa shape index (κ2) is 7.94. The Kier molecular flexibility index (Phi) is 6.17. The molecule has 1 unspecified atom stereocenters. The first-order chi connectivity index (χ1) is 11.4. The molecule has 1 atom stereocenters. The number of carbonyl (C=O) groups is 1. The molecule has 0 spiro atoms. The normalized spacial score (nSPS) is 17.5. The van der Waals surface area contributed by atoms with Crippen molar-refractivity contribution in [3.8, 4) is 0 Å².